The monoisotopic (exact) mass is 1160 g/mol. The summed E-state index contributed by atoms with van der Waals surface area (Å²) in [5.74, 6) is 0. The molecule has 0 saturated heterocycles. The lowest BCUT2D eigenvalue weighted by Gasteiger charge is -2.18. The number of hydrogen-bond acceptors (Lipinski definition) is 0. The fraction of sp³-hybridized carbons (Fsp3) is 0. The van der Waals surface area contributed by atoms with Crippen molar-refractivity contribution in [2.75, 3.05) is 0 Å². The van der Waals surface area contributed by atoms with Crippen LogP contribution in [0.2, 0.25) is 0 Å². The third-order valence-electron chi connectivity index (χ3n) is 18.9. The molecule has 0 saturated carbocycles. The highest BCUT2D eigenvalue weighted by molar-refractivity contribution is 6.23. The van der Waals surface area contributed by atoms with E-state index in [4.69, 9.17) is 0 Å². The molecule has 0 radical (unpaired) electrons. The first kappa shape index (κ1) is 54.2. The normalized spacial score (nSPS) is 11.5. The Bertz CT molecular complexity index is 5510. The van der Waals surface area contributed by atoms with Gasteiger partial charge in [-0.3, -0.25) is 0 Å². The van der Waals surface area contributed by atoms with Crippen molar-refractivity contribution in [3.63, 3.8) is 0 Å². The lowest BCUT2D eigenvalue weighted by Crippen LogP contribution is -1.91. The first-order valence-corrected chi connectivity index (χ1v) is 31.9. The predicted molar refractivity (Wildman–Crippen MR) is 396 cm³/mol. The number of hydrogen-bond donors (Lipinski definition) is 0. The molecule has 0 unspecified atom stereocenters. The van der Waals surface area contributed by atoms with Gasteiger partial charge in [-0.1, -0.05) is 358 Å². The second-order valence-electron chi connectivity index (χ2n) is 24.1. The summed E-state index contributed by atoms with van der Waals surface area (Å²) in [6, 6.07) is 133. The third kappa shape index (κ3) is 9.65. The molecule has 92 heavy (non-hydrogen) atoms. The molecule has 0 spiro atoms. The molecule has 0 bridgehead atoms. The first-order chi connectivity index (χ1) is 45.6. The Labute approximate surface area is 535 Å². The van der Waals surface area contributed by atoms with Gasteiger partial charge >= 0.3 is 0 Å². The van der Waals surface area contributed by atoms with Crippen LogP contribution in [0, 0.1) is 0 Å². The molecule has 0 aliphatic heterocycles. The molecule has 0 heteroatoms. The van der Waals surface area contributed by atoms with Gasteiger partial charge < -0.3 is 0 Å². The summed E-state index contributed by atoms with van der Waals surface area (Å²) >= 11 is 0. The van der Waals surface area contributed by atoms with Gasteiger partial charge in [0.2, 0.25) is 0 Å². The first-order valence-electron chi connectivity index (χ1n) is 31.9. The van der Waals surface area contributed by atoms with E-state index in [2.05, 4.69) is 364 Å². The van der Waals surface area contributed by atoms with Gasteiger partial charge in [0.1, 0.15) is 0 Å². The van der Waals surface area contributed by atoms with E-state index < -0.39 is 0 Å². The highest BCUT2D eigenvalue weighted by Gasteiger charge is 2.20. The van der Waals surface area contributed by atoms with Gasteiger partial charge in [0, 0.05) is 0 Å². The molecular formula is C92H60. The fourth-order valence-corrected chi connectivity index (χ4v) is 14.6. The molecule has 0 aliphatic rings. The summed E-state index contributed by atoms with van der Waals surface area (Å²) in [4.78, 5) is 0. The van der Waals surface area contributed by atoms with Gasteiger partial charge in [0.05, 0.1) is 0 Å². The minimum Gasteiger partial charge on any atom is -0.0616 e. The Hall–Kier alpha value is -12.0. The maximum absolute atomic E-state index is 2.30. The Morgan fingerprint density at radius 1 is 0.109 bits per heavy atom. The van der Waals surface area contributed by atoms with E-state index in [1.165, 1.54) is 175 Å². The van der Waals surface area contributed by atoms with E-state index in [1.807, 2.05) is 0 Å². The molecule has 0 amide bonds. The van der Waals surface area contributed by atoms with Crippen molar-refractivity contribution >= 4 is 86.2 Å². The van der Waals surface area contributed by atoms with Crippen molar-refractivity contribution in [3.8, 4) is 89.0 Å². The molecule has 18 aromatic carbocycles. The van der Waals surface area contributed by atoms with E-state index in [-0.39, 0.29) is 0 Å². The number of rotatable bonds is 8. The SMILES string of the molecule is c1ccc2c(-c3ccc(-c4c5ccccc5c(-c5ccc(-c6cccc7ccccc67)cc5)c5ccccc45)cc3)cccc2c1.c1ccc2cc(-c3ccc(-c4c5ccccc5c(-c5ccc(-c6cccc7ccccc67)cc5)c5ccccc45)cc3)ccc2c1. The van der Waals surface area contributed by atoms with E-state index in [0.717, 1.165) is 0 Å². The number of fused-ring (bicyclic) bond motifs is 8. The maximum atomic E-state index is 2.30. The summed E-state index contributed by atoms with van der Waals surface area (Å²) in [5, 5.41) is 20.3. The average molecular weight is 1170 g/mol. The molecule has 18 aromatic rings. The quantitative estimate of drug-likeness (QED) is 0.133. The van der Waals surface area contributed by atoms with Crippen LogP contribution in [0.3, 0.4) is 0 Å². The lowest BCUT2D eigenvalue weighted by atomic mass is 9.85. The van der Waals surface area contributed by atoms with Gasteiger partial charge in [-0.25, -0.2) is 0 Å². The Morgan fingerprint density at radius 3 is 0.609 bits per heavy atom. The van der Waals surface area contributed by atoms with E-state index in [0.29, 0.717) is 0 Å². The summed E-state index contributed by atoms with van der Waals surface area (Å²) < 4.78 is 0. The maximum Gasteiger partial charge on any atom is -0.00264 e. The molecule has 0 aromatic heterocycles. The third-order valence-corrected chi connectivity index (χ3v) is 18.9. The van der Waals surface area contributed by atoms with Crippen molar-refractivity contribution < 1.29 is 0 Å². The summed E-state index contributed by atoms with van der Waals surface area (Å²) in [6.45, 7) is 0. The van der Waals surface area contributed by atoms with E-state index in [1.54, 1.807) is 0 Å². The standard InChI is InChI=1S/2C46H30/c1-3-15-37-31(11-1)13-9-21-39(37)33-23-27-35(28-24-33)45-41-17-5-7-19-43(41)46(44-20-8-6-18-42(44)45)36-29-25-34(26-30-36)40-22-10-14-32-12-2-4-16-38(32)40;1-2-12-37-30-38(29-22-31(37)10-1)32-20-25-35(26-21-32)45-41-15-5-7-17-43(41)46(44-18-8-6-16-42(44)45)36-27-23-34(24-28-36)40-19-9-13-33-11-3-4-14-39(33)40/h2*1-30H. The van der Waals surface area contributed by atoms with E-state index >= 15 is 0 Å². The van der Waals surface area contributed by atoms with Gasteiger partial charge in [0.25, 0.3) is 0 Å². The van der Waals surface area contributed by atoms with Crippen LogP contribution in [0.15, 0.2) is 364 Å². The zero-order valence-corrected chi connectivity index (χ0v) is 50.6. The minimum atomic E-state index is 1.23. The summed E-state index contributed by atoms with van der Waals surface area (Å²) in [5.41, 5.74) is 20.0. The van der Waals surface area contributed by atoms with Crippen molar-refractivity contribution in [2.24, 2.45) is 0 Å². The molecule has 0 heterocycles. The van der Waals surface area contributed by atoms with Crippen molar-refractivity contribution in [1.82, 2.24) is 0 Å². The summed E-state index contributed by atoms with van der Waals surface area (Å²) in [6.07, 6.45) is 0. The highest BCUT2D eigenvalue weighted by atomic mass is 14.2. The lowest BCUT2D eigenvalue weighted by molar-refractivity contribution is 1.62. The van der Waals surface area contributed by atoms with Crippen LogP contribution < -0.4 is 0 Å². The van der Waals surface area contributed by atoms with Crippen LogP contribution in [-0.2, 0) is 0 Å². The van der Waals surface area contributed by atoms with Crippen LogP contribution in [0.5, 0.6) is 0 Å². The fourth-order valence-electron chi connectivity index (χ4n) is 14.6. The topological polar surface area (TPSA) is 0 Å². The molecule has 0 N–H and O–H groups in total. The van der Waals surface area contributed by atoms with Crippen LogP contribution in [0.4, 0.5) is 0 Å². The Morgan fingerprint density at radius 2 is 0.315 bits per heavy atom. The van der Waals surface area contributed by atoms with Gasteiger partial charge in [0.15, 0.2) is 0 Å². The van der Waals surface area contributed by atoms with Crippen LogP contribution in [0.25, 0.3) is 175 Å². The zero-order chi connectivity index (χ0) is 60.9. The molecule has 0 aliphatic carbocycles. The average Bonchev–Trinajstić information content (AvgIpc) is 0.760. The van der Waals surface area contributed by atoms with Crippen molar-refractivity contribution in [1.29, 1.82) is 0 Å². The molecule has 428 valence electrons. The molecule has 0 fully saturated rings. The van der Waals surface area contributed by atoms with Crippen LogP contribution >= 0.6 is 0 Å². The van der Waals surface area contributed by atoms with Gasteiger partial charge in [-0.05, 0) is 181 Å². The van der Waals surface area contributed by atoms with E-state index in [9.17, 15) is 0 Å². The van der Waals surface area contributed by atoms with Crippen LogP contribution in [0.1, 0.15) is 0 Å². The Balaban J connectivity index is 0.000000141. The second-order valence-corrected chi connectivity index (χ2v) is 24.1. The van der Waals surface area contributed by atoms with Gasteiger partial charge in [-0.2, -0.15) is 0 Å². The summed E-state index contributed by atoms with van der Waals surface area (Å²) in [7, 11) is 0. The van der Waals surface area contributed by atoms with Crippen molar-refractivity contribution in [3.05, 3.63) is 364 Å². The van der Waals surface area contributed by atoms with Gasteiger partial charge in [-0.15, -0.1) is 0 Å². The largest absolute Gasteiger partial charge is 0.0616 e. The van der Waals surface area contributed by atoms with Crippen LogP contribution in [-0.4, -0.2) is 0 Å². The molecular weight excluding hydrogens is 1110 g/mol. The number of benzene rings is 18. The molecule has 18 rings (SSSR count). The smallest absolute Gasteiger partial charge is 0.00264 e. The minimum absolute atomic E-state index is 1.23. The predicted octanol–water partition coefficient (Wildman–Crippen LogP) is 25.9. The molecule has 0 nitrogen and oxygen atoms in total. The second kappa shape index (κ2) is 23.2. The zero-order valence-electron chi connectivity index (χ0n) is 50.6. The van der Waals surface area contributed by atoms with Crippen molar-refractivity contribution in [2.45, 2.75) is 0 Å². The highest BCUT2D eigenvalue weighted by Crippen LogP contribution is 2.47. The molecule has 0 atom stereocenters. The Kier molecular flexibility index (Phi) is 13.7.